The zero-order valence-corrected chi connectivity index (χ0v) is 9.96. The van der Waals surface area contributed by atoms with Gasteiger partial charge in [-0.15, -0.1) is 0 Å². The Morgan fingerprint density at radius 1 is 1.42 bits per heavy atom. The van der Waals surface area contributed by atoms with Crippen LogP contribution in [-0.4, -0.2) is 18.8 Å². The molecule has 0 amide bonds. The summed E-state index contributed by atoms with van der Waals surface area (Å²) in [6, 6.07) is 0. The zero-order chi connectivity index (χ0) is 9.45. The summed E-state index contributed by atoms with van der Waals surface area (Å²) < 4.78 is 15.0. The molecule has 0 spiro atoms. The summed E-state index contributed by atoms with van der Waals surface area (Å²) in [5.41, 5.74) is -0.179. The molecule has 0 saturated heterocycles. The number of hydrogen-bond acceptors (Lipinski definition) is 4. The normalized spacial score (nSPS) is 12.3. The fraction of sp³-hybridized carbons (Fsp3) is 1.00. The topological polar surface area (TPSA) is 53.7 Å². The van der Waals surface area contributed by atoms with E-state index in [0.29, 0.717) is 0 Å². The summed E-state index contributed by atoms with van der Waals surface area (Å²) in [7, 11) is 0. The molecule has 0 heterocycles. The van der Waals surface area contributed by atoms with Gasteiger partial charge < -0.3 is 0 Å². The molecule has 0 aliphatic heterocycles. The van der Waals surface area contributed by atoms with Gasteiger partial charge in [-0.1, -0.05) is 0 Å². The molecule has 0 radical (unpaired) electrons. The van der Waals surface area contributed by atoms with Gasteiger partial charge in [-0.3, -0.25) is 0 Å². The Kier molecular flexibility index (Phi) is 7.35. The summed E-state index contributed by atoms with van der Waals surface area (Å²) in [5.74, 6) is 4.88. The van der Waals surface area contributed by atoms with Gasteiger partial charge in [0.05, 0.1) is 0 Å². The van der Waals surface area contributed by atoms with E-state index in [1.807, 2.05) is 20.8 Å². The Labute approximate surface area is 85.1 Å². The molecule has 0 aliphatic rings. The van der Waals surface area contributed by atoms with Gasteiger partial charge in [0.2, 0.25) is 0 Å². The Morgan fingerprint density at radius 3 is 2.58 bits per heavy atom. The second kappa shape index (κ2) is 7.02. The average molecular weight is 290 g/mol. The minimum atomic E-state index is -0.762. The van der Waals surface area contributed by atoms with Crippen molar-refractivity contribution in [2.75, 3.05) is 13.2 Å². The zero-order valence-electron chi connectivity index (χ0n) is 7.80. The molecule has 0 aromatic rings. The molecule has 0 unspecified atom stereocenters. The fourth-order valence-corrected chi connectivity index (χ4v) is 1.42. The summed E-state index contributed by atoms with van der Waals surface area (Å²) in [4.78, 5) is 0. The molecular weight excluding hydrogens is 273 g/mol. The van der Waals surface area contributed by atoms with E-state index in [2.05, 4.69) is 3.17 Å². The van der Waals surface area contributed by atoms with E-state index in [1.54, 1.807) is 0 Å². The first kappa shape index (κ1) is 12.6. The SMILES string of the molecule is CCOCCC(C)(C)O[I-]ON. The van der Waals surface area contributed by atoms with Crippen molar-refractivity contribution in [3.63, 3.8) is 0 Å². The maximum atomic E-state index is 5.41. The van der Waals surface area contributed by atoms with Crippen molar-refractivity contribution in [1.82, 2.24) is 0 Å². The number of rotatable bonds is 7. The molecule has 0 saturated carbocycles. The van der Waals surface area contributed by atoms with Crippen LogP contribution < -0.4 is 27.9 Å². The predicted molar refractivity (Wildman–Crippen MR) is 41.5 cm³/mol. The van der Waals surface area contributed by atoms with Crippen molar-refractivity contribution in [2.24, 2.45) is 5.90 Å². The average Bonchev–Trinajstić information content (AvgIpc) is 2.01. The van der Waals surface area contributed by atoms with Crippen molar-refractivity contribution in [3.8, 4) is 0 Å². The van der Waals surface area contributed by atoms with Crippen LogP contribution in [0.4, 0.5) is 0 Å². The van der Waals surface area contributed by atoms with Gasteiger partial charge in [0.25, 0.3) is 0 Å². The Bertz CT molecular complexity index is 111. The third-order valence-corrected chi connectivity index (χ3v) is 2.91. The van der Waals surface area contributed by atoms with Crippen LogP contribution >= 0.6 is 0 Å². The number of ether oxygens (including phenoxy) is 1. The number of nitrogens with two attached hydrogens (primary N) is 1. The molecule has 0 fully saturated rings. The van der Waals surface area contributed by atoms with Crippen molar-refractivity contribution in [2.45, 2.75) is 32.8 Å². The van der Waals surface area contributed by atoms with Gasteiger partial charge in [0, 0.05) is 0 Å². The molecule has 0 bridgehead atoms. The van der Waals surface area contributed by atoms with E-state index in [1.165, 1.54) is 0 Å². The second-order valence-electron chi connectivity index (χ2n) is 2.94. The number of halogens is 1. The predicted octanol–water partition coefficient (Wildman–Crippen LogP) is -1.98. The molecule has 0 aromatic carbocycles. The summed E-state index contributed by atoms with van der Waals surface area (Å²) in [5, 5.41) is 0. The Hall–Kier alpha value is 0.570. The van der Waals surface area contributed by atoms with Crippen LogP contribution in [0.25, 0.3) is 0 Å². The quantitative estimate of drug-likeness (QED) is 0.335. The molecular formula is C7H17INO3-. The van der Waals surface area contributed by atoms with Gasteiger partial charge in [-0.05, 0) is 0 Å². The van der Waals surface area contributed by atoms with Gasteiger partial charge in [0.15, 0.2) is 0 Å². The Balaban J connectivity index is 3.42. The van der Waals surface area contributed by atoms with Crippen molar-refractivity contribution < 1.29 is 33.0 Å². The van der Waals surface area contributed by atoms with Gasteiger partial charge in [0.1, 0.15) is 0 Å². The molecule has 2 N–H and O–H groups in total. The van der Waals surface area contributed by atoms with E-state index in [4.69, 9.17) is 13.7 Å². The van der Waals surface area contributed by atoms with Crippen molar-refractivity contribution in [3.05, 3.63) is 0 Å². The molecule has 5 heteroatoms. The number of hydrogen-bond donors (Lipinski definition) is 1. The standard InChI is InChI=1S/C7H17INO3/c1-4-10-6-5-7(2,3)11-8-12-9/h4-6,9H2,1-3H3/q-1. The van der Waals surface area contributed by atoms with Gasteiger partial charge >= 0.3 is 84.9 Å². The summed E-state index contributed by atoms with van der Waals surface area (Å²) >= 11 is -0.762. The molecule has 0 aromatic heterocycles. The second-order valence-corrected chi connectivity index (χ2v) is 4.24. The van der Waals surface area contributed by atoms with Crippen LogP contribution in [0.2, 0.25) is 0 Å². The van der Waals surface area contributed by atoms with Crippen LogP contribution in [-0.2, 0) is 11.0 Å². The van der Waals surface area contributed by atoms with Crippen LogP contribution in [0, 0.1) is 0 Å². The van der Waals surface area contributed by atoms with E-state index in [-0.39, 0.29) is 5.60 Å². The third-order valence-electron chi connectivity index (χ3n) is 1.33. The van der Waals surface area contributed by atoms with E-state index in [9.17, 15) is 0 Å². The molecule has 76 valence electrons. The van der Waals surface area contributed by atoms with E-state index >= 15 is 0 Å². The molecule has 12 heavy (non-hydrogen) atoms. The molecule has 0 atom stereocenters. The van der Waals surface area contributed by atoms with E-state index < -0.39 is 22.0 Å². The molecule has 0 aliphatic carbocycles. The summed E-state index contributed by atoms with van der Waals surface area (Å²) in [6.07, 6.45) is 0.865. The van der Waals surface area contributed by atoms with E-state index in [0.717, 1.165) is 19.6 Å². The molecule has 4 nitrogen and oxygen atoms in total. The van der Waals surface area contributed by atoms with Crippen molar-refractivity contribution in [1.29, 1.82) is 0 Å². The van der Waals surface area contributed by atoms with Gasteiger partial charge in [-0.2, -0.15) is 0 Å². The third kappa shape index (κ3) is 7.23. The molecule has 0 rings (SSSR count). The fourth-order valence-electron chi connectivity index (χ4n) is 0.604. The monoisotopic (exact) mass is 290 g/mol. The summed E-state index contributed by atoms with van der Waals surface area (Å²) in [6.45, 7) is 7.45. The van der Waals surface area contributed by atoms with Gasteiger partial charge in [-0.25, -0.2) is 0 Å². The first-order chi connectivity index (χ1) is 5.62. The van der Waals surface area contributed by atoms with Crippen molar-refractivity contribution >= 4 is 0 Å². The minimum absolute atomic E-state index is 0.179. The first-order valence-electron chi connectivity index (χ1n) is 3.89. The maximum absolute atomic E-state index is 5.41. The van der Waals surface area contributed by atoms with Crippen LogP contribution in [0.15, 0.2) is 0 Å². The Morgan fingerprint density at radius 2 is 2.08 bits per heavy atom. The van der Waals surface area contributed by atoms with Crippen LogP contribution in [0.1, 0.15) is 27.2 Å². The van der Waals surface area contributed by atoms with Crippen LogP contribution in [0.5, 0.6) is 0 Å². The van der Waals surface area contributed by atoms with Crippen LogP contribution in [0.3, 0.4) is 0 Å². The first-order valence-corrected chi connectivity index (χ1v) is 5.65.